The van der Waals surface area contributed by atoms with Gasteiger partial charge in [0.1, 0.15) is 0 Å². The highest BCUT2D eigenvalue weighted by Gasteiger charge is 2.25. The summed E-state index contributed by atoms with van der Waals surface area (Å²) in [5.74, 6) is 0.310. The van der Waals surface area contributed by atoms with Gasteiger partial charge < -0.3 is 10.0 Å². The van der Waals surface area contributed by atoms with Gasteiger partial charge in [0.2, 0.25) is 5.82 Å². The molecule has 1 N–H and O–H groups in total. The Bertz CT molecular complexity index is 441. The molecule has 0 unspecified atom stereocenters. The Morgan fingerprint density at radius 3 is 2.56 bits per heavy atom. The Morgan fingerprint density at radius 2 is 2.11 bits per heavy atom. The summed E-state index contributed by atoms with van der Waals surface area (Å²) in [4.78, 5) is 16.5. The standard InChI is InChI=1S/C12H19N3O3/c1-5-14(8-12(3,4)16)11-10(15(17)18)7-6-9(2)13-11/h6-7,16H,5,8H2,1-4H3. The van der Waals surface area contributed by atoms with Crippen molar-refractivity contribution in [3.63, 3.8) is 0 Å². The molecule has 0 aromatic carbocycles. The molecule has 1 aromatic heterocycles. The summed E-state index contributed by atoms with van der Waals surface area (Å²) >= 11 is 0. The van der Waals surface area contributed by atoms with Crippen LogP contribution in [0.25, 0.3) is 0 Å². The van der Waals surface area contributed by atoms with Crippen LogP contribution in [-0.2, 0) is 0 Å². The van der Waals surface area contributed by atoms with E-state index in [9.17, 15) is 15.2 Å². The van der Waals surface area contributed by atoms with Gasteiger partial charge in [-0.3, -0.25) is 10.1 Å². The third-order valence-electron chi connectivity index (χ3n) is 2.45. The van der Waals surface area contributed by atoms with Crippen molar-refractivity contribution in [3.8, 4) is 0 Å². The van der Waals surface area contributed by atoms with E-state index in [4.69, 9.17) is 0 Å². The normalized spacial score (nSPS) is 11.4. The maximum atomic E-state index is 11.0. The summed E-state index contributed by atoms with van der Waals surface area (Å²) in [6, 6.07) is 3.06. The van der Waals surface area contributed by atoms with Crippen LogP contribution in [0.2, 0.25) is 0 Å². The topological polar surface area (TPSA) is 79.5 Å². The second-order valence-electron chi connectivity index (χ2n) is 4.88. The number of hydrogen-bond acceptors (Lipinski definition) is 5. The second-order valence-corrected chi connectivity index (χ2v) is 4.88. The summed E-state index contributed by atoms with van der Waals surface area (Å²) in [7, 11) is 0. The Labute approximate surface area is 106 Å². The molecule has 0 fully saturated rings. The number of pyridine rings is 1. The molecular weight excluding hydrogens is 234 g/mol. The molecule has 0 amide bonds. The van der Waals surface area contributed by atoms with Crippen LogP contribution in [0.5, 0.6) is 0 Å². The highest BCUT2D eigenvalue weighted by atomic mass is 16.6. The smallest absolute Gasteiger partial charge is 0.311 e. The molecule has 0 aliphatic heterocycles. The summed E-state index contributed by atoms with van der Waals surface area (Å²) in [5.41, 5.74) is -0.258. The lowest BCUT2D eigenvalue weighted by Gasteiger charge is -2.28. The summed E-state index contributed by atoms with van der Waals surface area (Å²) < 4.78 is 0. The zero-order chi connectivity index (χ0) is 13.9. The Hall–Kier alpha value is -1.69. The van der Waals surface area contributed by atoms with Crippen LogP contribution in [0.4, 0.5) is 11.5 Å². The van der Waals surface area contributed by atoms with Crippen molar-refractivity contribution in [1.29, 1.82) is 0 Å². The Morgan fingerprint density at radius 1 is 1.50 bits per heavy atom. The van der Waals surface area contributed by atoms with Crippen LogP contribution in [0.1, 0.15) is 26.5 Å². The molecule has 0 aliphatic rings. The monoisotopic (exact) mass is 253 g/mol. The van der Waals surface area contributed by atoms with Crippen LogP contribution in [-0.4, -0.2) is 33.7 Å². The maximum Gasteiger partial charge on any atom is 0.311 e. The second kappa shape index (κ2) is 5.30. The predicted molar refractivity (Wildman–Crippen MR) is 69.8 cm³/mol. The van der Waals surface area contributed by atoms with Crippen molar-refractivity contribution < 1.29 is 10.0 Å². The molecular formula is C12H19N3O3. The van der Waals surface area contributed by atoms with Gasteiger partial charge in [-0.05, 0) is 33.8 Å². The lowest BCUT2D eigenvalue weighted by atomic mass is 10.1. The molecule has 1 aromatic rings. The van der Waals surface area contributed by atoms with E-state index in [1.807, 2.05) is 6.92 Å². The van der Waals surface area contributed by atoms with E-state index in [0.717, 1.165) is 0 Å². The van der Waals surface area contributed by atoms with Crippen molar-refractivity contribution in [3.05, 3.63) is 27.9 Å². The number of likely N-dealkylation sites (N-methyl/N-ethyl adjacent to an activating group) is 1. The van der Waals surface area contributed by atoms with Gasteiger partial charge in [-0.1, -0.05) is 0 Å². The number of aliphatic hydroxyl groups is 1. The van der Waals surface area contributed by atoms with Crippen LogP contribution < -0.4 is 4.90 Å². The van der Waals surface area contributed by atoms with Gasteiger partial charge in [0, 0.05) is 24.8 Å². The fraction of sp³-hybridized carbons (Fsp3) is 0.583. The van der Waals surface area contributed by atoms with Crippen molar-refractivity contribution >= 4 is 11.5 Å². The molecule has 0 atom stereocenters. The van der Waals surface area contributed by atoms with Crippen molar-refractivity contribution in [2.75, 3.05) is 18.0 Å². The van der Waals surface area contributed by atoms with Gasteiger partial charge in [-0.15, -0.1) is 0 Å². The van der Waals surface area contributed by atoms with Crippen LogP contribution in [0.15, 0.2) is 12.1 Å². The number of nitro groups is 1. The van der Waals surface area contributed by atoms with E-state index in [1.165, 1.54) is 6.07 Å². The zero-order valence-electron chi connectivity index (χ0n) is 11.2. The van der Waals surface area contributed by atoms with E-state index >= 15 is 0 Å². The lowest BCUT2D eigenvalue weighted by molar-refractivity contribution is -0.384. The minimum absolute atomic E-state index is 0.0355. The third-order valence-corrected chi connectivity index (χ3v) is 2.45. The summed E-state index contributed by atoms with van der Waals surface area (Å²) in [6.45, 7) is 7.82. The summed E-state index contributed by atoms with van der Waals surface area (Å²) in [6.07, 6.45) is 0. The minimum atomic E-state index is -0.935. The van der Waals surface area contributed by atoms with Gasteiger partial charge in [0.15, 0.2) is 0 Å². The molecule has 0 saturated heterocycles. The molecule has 1 heterocycles. The van der Waals surface area contributed by atoms with E-state index in [0.29, 0.717) is 24.6 Å². The predicted octanol–water partition coefficient (Wildman–Crippen LogP) is 1.90. The first-order valence-electron chi connectivity index (χ1n) is 5.84. The molecule has 0 radical (unpaired) electrons. The quantitative estimate of drug-likeness (QED) is 0.640. The van der Waals surface area contributed by atoms with Gasteiger partial charge >= 0.3 is 5.69 Å². The largest absolute Gasteiger partial charge is 0.389 e. The van der Waals surface area contributed by atoms with Crippen molar-refractivity contribution in [1.82, 2.24) is 4.98 Å². The molecule has 0 spiro atoms. The number of aromatic nitrogens is 1. The molecule has 0 aliphatic carbocycles. The average molecular weight is 253 g/mol. The number of hydrogen-bond donors (Lipinski definition) is 1. The third kappa shape index (κ3) is 3.66. The molecule has 6 nitrogen and oxygen atoms in total. The average Bonchev–Trinajstić information content (AvgIpc) is 2.24. The Balaban J connectivity index is 3.19. The van der Waals surface area contributed by atoms with Gasteiger partial charge in [-0.25, -0.2) is 4.98 Å². The van der Waals surface area contributed by atoms with Gasteiger partial charge in [0.05, 0.1) is 10.5 Å². The van der Waals surface area contributed by atoms with Gasteiger partial charge in [-0.2, -0.15) is 0 Å². The van der Waals surface area contributed by atoms with E-state index < -0.39 is 10.5 Å². The molecule has 6 heteroatoms. The number of rotatable bonds is 5. The first-order valence-corrected chi connectivity index (χ1v) is 5.84. The van der Waals surface area contributed by atoms with E-state index in [-0.39, 0.29) is 5.69 Å². The molecule has 0 saturated carbocycles. The maximum absolute atomic E-state index is 11.0. The minimum Gasteiger partial charge on any atom is -0.389 e. The number of aryl methyl sites for hydroxylation is 1. The fourth-order valence-corrected chi connectivity index (χ4v) is 1.71. The molecule has 18 heavy (non-hydrogen) atoms. The molecule has 100 valence electrons. The Kier molecular flexibility index (Phi) is 4.24. The number of anilines is 1. The lowest BCUT2D eigenvalue weighted by Crippen LogP contribution is -2.39. The highest BCUT2D eigenvalue weighted by Crippen LogP contribution is 2.27. The SMILES string of the molecule is CCN(CC(C)(C)O)c1nc(C)ccc1[N+](=O)[O-]. The molecule has 0 bridgehead atoms. The van der Waals surface area contributed by atoms with Crippen LogP contribution in [0.3, 0.4) is 0 Å². The zero-order valence-corrected chi connectivity index (χ0v) is 11.2. The van der Waals surface area contributed by atoms with Crippen LogP contribution >= 0.6 is 0 Å². The highest BCUT2D eigenvalue weighted by molar-refractivity contribution is 5.58. The van der Waals surface area contributed by atoms with Crippen molar-refractivity contribution in [2.45, 2.75) is 33.3 Å². The first-order chi connectivity index (χ1) is 8.24. The van der Waals surface area contributed by atoms with E-state index in [1.54, 1.807) is 31.7 Å². The summed E-state index contributed by atoms with van der Waals surface area (Å²) in [5, 5.41) is 20.8. The number of nitrogens with zero attached hydrogens (tertiary/aromatic N) is 3. The molecule has 1 rings (SSSR count). The fourth-order valence-electron chi connectivity index (χ4n) is 1.71. The van der Waals surface area contributed by atoms with Gasteiger partial charge in [0.25, 0.3) is 0 Å². The van der Waals surface area contributed by atoms with E-state index in [2.05, 4.69) is 4.98 Å². The first kappa shape index (κ1) is 14.4. The van der Waals surface area contributed by atoms with Crippen LogP contribution in [0, 0.1) is 17.0 Å². The van der Waals surface area contributed by atoms with Crippen molar-refractivity contribution in [2.24, 2.45) is 0 Å².